The van der Waals surface area contributed by atoms with Gasteiger partial charge in [-0.3, -0.25) is 0 Å². The van der Waals surface area contributed by atoms with Crippen LogP contribution in [0.5, 0.6) is 0 Å². The molecule has 0 saturated heterocycles. The summed E-state index contributed by atoms with van der Waals surface area (Å²) in [7, 11) is 0. The van der Waals surface area contributed by atoms with E-state index in [4.69, 9.17) is 16.6 Å². The average Bonchev–Trinajstić information content (AvgIpc) is 2.87. The van der Waals surface area contributed by atoms with Gasteiger partial charge < -0.3 is 0 Å². The van der Waals surface area contributed by atoms with Crippen molar-refractivity contribution < 1.29 is 0 Å². The van der Waals surface area contributed by atoms with Crippen molar-refractivity contribution in [3.63, 3.8) is 0 Å². The predicted molar refractivity (Wildman–Crippen MR) is 90.1 cm³/mol. The Labute approximate surface area is 131 Å². The largest absolute Gasteiger partial charge is 0.217 e. The molecule has 0 aliphatic rings. The number of halogens is 1. The van der Waals surface area contributed by atoms with E-state index in [0.29, 0.717) is 11.0 Å². The minimum absolute atomic E-state index is 0.521. The van der Waals surface area contributed by atoms with Crippen molar-refractivity contribution in [2.45, 2.75) is 6.92 Å². The standard InChI is InChI=1S/C17H11ClN2S/c1-10-9-14-15(18)19-16(20-17(14)21-10)13-8-4-6-11-5-2-3-7-12(11)13/h2-9H,1H3. The van der Waals surface area contributed by atoms with Gasteiger partial charge in [0, 0.05) is 15.8 Å². The highest BCUT2D eigenvalue weighted by Crippen LogP contribution is 2.32. The lowest BCUT2D eigenvalue weighted by Crippen LogP contribution is -1.90. The smallest absolute Gasteiger partial charge is 0.163 e. The van der Waals surface area contributed by atoms with Crippen LogP contribution in [0.25, 0.3) is 32.4 Å². The van der Waals surface area contributed by atoms with Gasteiger partial charge in [-0.1, -0.05) is 54.1 Å². The van der Waals surface area contributed by atoms with Crippen molar-refractivity contribution in [2.24, 2.45) is 0 Å². The SMILES string of the molecule is Cc1cc2c(Cl)nc(-c3cccc4ccccc34)nc2s1. The van der Waals surface area contributed by atoms with Crippen LogP contribution in [0.2, 0.25) is 5.15 Å². The Morgan fingerprint density at radius 2 is 1.76 bits per heavy atom. The van der Waals surface area contributed by atoms with E-state index in [1.165, 1.54) is 10.3 Å². The Kier molecular flexibility index (Phi) is 2.91. The van der Waals surface area contributed by atoms with Crippen molar-refractivity contribution in [3.05, 3.63) is 58.6 Å². The van der Waals surface area contributed by atoms with Crippen molar-refractivity contribution in [1.29, 1.82) is 0 Å². The first-order valence-corrected chi connectivity index (χ1v) is 7.83. The van der Waals surface area contributed by atoms with E-state index in [-0.39, 0.29) is 0 Å². The van der Waals surface area contributed by atoms with Gasteiger partial charge in [-0.25, -0.2) is 9.97 Å². The van der Waals surface area contributed by atoms with Crippen molar-refractivity contribution >= 4 is 43.9 Å². The summed E-state index contributed by atoms with van der Waals surface area (Å²) in [4.78, 5) is 11.3. The third kappa shape index (κ3) is 2.09. The van der Waals surface area contributed by atoms with Gasteiger partial charge in [0.25, 0.3) is 0 Å². The lowest BCUT2D eigenvalue weighted by molar-refractivity contribution is 1.24. The first-order chi connectivity index (χ1) is 10.2. The number of fused-ring (bicyclic) bond motifs is 2. The molecule has 0 atom stereocenters. The second-order valence-corrected chi connectivity index (χ2v) is 6.53. The van der Waals surface area contributed by atoms with E-state index < -0.39 is 0 Å². The van der Waals surface area contributed by atoms with Gasteiger partial charge >= 0.3 is 0 Å². The summed E-state index contributed by atoms with van der Waals surface area (Å²) in [5, 5.41) is 3.77. The zero-order chi connectivity index (χ0) is 14.4. The number of thiophene rings is 1. The van der Waals surface area contributed by atoms with Gasteiger partial charge in [-0.15, -0.1) is 11.3 Å². The van der Waals surface area contributed by atoms with E-state index in [1.54, 1.807) is 11.3 Å². The molecule has 0 saturated carbocycles. The fraction of sp³-hybridized carbons (Fsp3) is 0.0588. The molecule has 0 fully saturated rings. The minimum atomic E-state index is 0.521. The fourth-order valence-electron chi connectivity index (χ4n) is 2.55. The lowest BCUT2D eigenvalue weighted by Gasteiger charge is -2.06. The van der Waals surface area contributed by atoms with Crippen LogP contribution in [0, 0.1) is 6.92 Å². The Bertz CT molecular complexity index is 970. The van der Waals surface area contributed by atoms with Gasteiger partial charge in [-0.2, -0.15) is 0 Å². The molecule has 2 aromatic carbocycles. The number of hydrogen-bond acceptors (Lipinski definition) is 3. The molecule has 2 heterocycles. The van der Waals surface area contributed by atoms with Crippen LogP contribution < -0.4 is 0 Å². The lowest BCUT2D eigenvalue weighted by atomic mass is 10.0. The zero-order valence-corrected chi connectivity index (χ0v) is 12.9. The minimum Gasteiger partial charge on any atom is -0.217 e. The maximum Gasteiger partial charge on any atom is 0.163 e. The molecular weight excluding hydrogens is 300 g/mol. The van der Waals surface area contributed by atoms with Gasteiger partial charge in [0.1, 0.15) is 9.98 Å². The zero-order valence-electron chi connectivity index (χ0n) is 11.3. The van der Waals surface area contributed by atoms with Gasteiger partial charge in [0.05, 0.1) is 0 Å². The molecule has 2 nitrogen and oxygen atoms in total. The molecule has 21 heavy (non-hydrogen) atoms. The van der Waals surface area contributed by atoms with Crippen LogP contribution in [-0.4, -0.2) is 9.97 Å². The van der Waals surface area contributed by atoms with Crippen LogP contribution in [0.15, 0.2) is 48.5 Å². The molecule has 2 aromatic heterocycles. The van der Waals surface area contributed by atoms with E-state index in [1.807, 2.05) is 30.3 Å². The summed E-state index contributed by atoms with van der Waals surface area (Å²) >= 11 is 7.98. The van der Waals surface area contributed by atoms with Crippen LogP contribution in [-0.2, 0) is 0 Å². The number of aryl methyl sites for hydroxylation is 1. The highest BCUT2D eigenvalue weighted by atomic mass is 35.5. The second kappa shape index (κ2) is 4.79. The molecular formula is C17H11ClN2S. The van der Waals surface area contributed by atoms with Gasteiger partial charge in [0.2, 0.25) is 0 Å². The first kappa shape index (κ1) is 12.7. The molecule has 0 unspecified atom stereocenters. The average molecular weight is 311 g/mol. The number of hydrogen-bond donors (Lipinski definition) is 0. The van der Waals surface area contributed by atoms with Crippen molar-refractivity contribution in [2.75, 3.05) is 0 Å². The first-order valence-electron chi connectivity index (χ1n) is 6.64. The maximum atomic E-state index is 6.33. The highest BCUT2D eigenvalue weighted by molar-refractivity contribution is 7.18. The predicted octanol–water partition coefficient (Wildman–Crippen LogP) is 5.47. The molecule has 0 radical (unpaired) electrons. The van der Waals surface area contributed by atoms with E-state index in [2.05, 4.69) is 30.1 Å². The monoisotopic (exact) mass is 310 g/mol. The molecule has 0 spiro atoms. The molecule has 0 amide bonds. The number of benzene rings is 2. The van der Waals surface area contributed by atoms with E-state index in [0.717, 1.165) is 21.2 Å². The second-order valence-electron chi connectivity index (χ2n) is 4.94. The number of rotatable bonds is 1. The maximum absolute atomic E-state index is 6.33. The quantitative estimate of drug-likeness (QED) is 0.435. The summed E-state index contributed by atoms with van der Waals surface area (Å²) in [5.41, 5.74) is 1.02. The van der Waals surface area contributed by atoms with Gasteiger partial charge in [0.15, 0.2) is 5.82 Å². The van der Waals surface area contributed by atoms with Crippen LogP contribution in [0.4, 0.5) is 0 Å². The summed E-state index contributed by atoms with van der Waals surface area (Å²) in [6, 6.07) is 16.4. The molecule has 0 aliphatic heterocycles. The summed E-state index contributed by atoms with van der Waals surface area (Å²) in [6.45, 7) is 2.06. The van der Waals surface area contributed by atoms with Crippen molar-refractivity contribution in [3.8, 4) is 11.4 Å². The summed E-state index contributed by atoms with van der Waals surface area (Å²) < 4.78 is 0. The molecule has 0 N–H and O–H groups in total. The molecule has 102 valence electrons. The number of aromatic nitrogens is 2. The molecule has 0 bridgehead atoms. The summed E-state index contributed by atoms with van der Waals surface area (Å²) in [5.74, 6) is 0.686. The Balaban J connectivity index is 2.04. The van der Waals surface area contributed by atoms with Crippen LogP contribution in [0.3, 0.4) is 0 Å². The Morgan fingerprint density at radius 1 is 0.952 bits per heavy atom. The Morgan fingerprint density at radius 3 is 2.67 bits per heavy atom. The third-order valence-electron chi connectivity index (χ3n) is 3.50. The molecule has 0 aliphatic carbocycles. The van der Waals surface area contributed by atoms with Crippen LogP contribution in [0.1, 0.15) is 4.88 Å². The topological polar surface area (TPSA) is 25.8 Å². The molecule has 4 aromatic rings. The van der Waals surface area contributed by atoms with Gasteiger partial charge in [-0.05, 0) is 23.8 Å². The summed E-state index contributed by atoms with van der Waals surface area (Å²) in [6.07, 6.45) is 0. The fourth-order valence-corrected chi connectivity index (χ4v) is 3.71. The highest BCUT2D eigenvalue weighted by Gasteiger charge is 2.12. The van der Waals surface area contributed by atoms with Crippen molar-refractivity contribution in [1.82, 2.24) is 9.97 Å². The molecule has 4 heteroatoms. The molecule has 4 rings (SSSR count). The Hall–Kier alpha value is -1.97. The van der Waals surface area contributed by atoms with E-state index in [9.17, 15) is 0 Å². The van der Waals surface area contributed by atoms with Crippen LogP contribution >= 0.6 is 22.9 Å². The van der Waals surface area contributed by atoms with E-state index >= 15 is 0 Å². The normalized spacial score (nSPS) is 11.3. The third-order valence-corrected chi connectivity index (χ3v) is 4.73. The number of nitrogens with zero attached hydrogens (tertiary/aromatic N) is 2.